The van der Waals surface area contributed by atoms with Gasteiger partial charge in [0.05, 0.1) is 10.6 Å². The second-order valence-corrected chi connectivity index (χ2v) is 10.2. The van der Waals surface area contributed by atoms with Crippen LogP contribution in [0.4, 0.5) is 29.3 Å². The van der Waals surface area contributed by atoms with Crippen molar-refractivity contribution < 1.29 is 30.9 Å². The van der Waals surface area contributed by atoms with Gasteiger partial charge in [-0.25, -0.2) is 17.9 Å². The fourth-order valence-corrected chi connectivity index (χ4v) is 4.56. The number of hydrogen-bond acceptors (Lipinski definition) is 4. The van der Waals surface area contributed by atoms with Gasteiger partial charge < -0.3 is 15.2 Å². The van der Waals surface area contributed by atoms with E-state index < -0.39 is 44.8 Å². The van der Waals surface area contributed by atoms with E-state index in [1.54, 1.807) is 48.5 Å². The van der Waals surface area contributed by atoms with E-state index in [0.717, 1.165) is 12.1 Å². The molecule has 0 spiro atoms. The first-order valence-corrected chi connectivity index (χ1v) is 12.8. The Labute approximate surface area is 197 Å². The van der Waals surface area contributed by atoms with E-state index in [0.29, 0.717) is 21.7 Å². The van der Waals surface area contributed by atoms with Crippen LogP contribution < -0.4 is 15.4 Å². The highest BCUT2D eigenvalue weighted by atomic mass is 32.2. The number of nitrogens with one attached hydrogen (secondary N) is 3. The number of hydrogen-bond donors (Lipinski definition) is 3. The number of urea groups is 1. The number of carbonyl (C=O) groups is 1. The van der Waals surface area contributed by atoms with Crippen LogP contribution in [-0.4, -0.2) is 38.0 Å². The fourth-order valence-electron chi connectivity index (χ4n) is 2.96. The molecular formula is C22H20F3N3O4S2. The van der Waals surface area contributed by atoms with Crippen LogP contribution in [0.1, 0.15) is 0 Å². The molecular weight excluding hydrogens is 491 g/mol. The standard InChI is InChI=1S/C22H20F3N3O4S2/c1-33(30)17-9-5-8-16(12-17)27-21(29)28-20-13-18(34(31,32)26-14-22(23,24)25)10-11-19(20)15-6-3-2-4-7-15/h2-13,26H,14H2,1H3,(H2,27,28,29). The third kappa shape index (κ3) is 6.97. The van der Waals surface area contributed by atoms with E-state index >= 15 is 0 Å². The summed E-state index contributed by atoms with van der Waals surface area (Å²) < 4.78 is 75.5. The Morgan fingerprint density at radius 3 is 2.32 bits per heavy atom. The molecule has 0 bridgehead atoms. The summed E-state index contributed by atoms with van der Waals surface area (Å²) >= 11 is -1.27. The van der Waals surface area contributed by atoms with Gasteiger partial charge >= 0.3 is 12.2 Å². The maximum Gasteiger partial charge on any atom is 0.402 e. The van der Waals surface area contributed by atoms with Crippen molar-refractivity contribution >= 4 is 38.6 Å². The summed E-state index contributed by atoms with van der Waals surface area (Å²) in [5.41, 5.74) is 1.51. The van der Waals surface area contributed by atoms with Crippen molar-refractivity contribution in [2.75, 3.05) is 23.4 Å². The van der Waals surface area contributed by atoms with Crippen molar-refractivity contribution in [2.24, 2.45) is 0 Å². The molecule has 180 valence electrons. The predicted molar refractivity (Wildman–Crippen MR) is 125 cm³/mol. The van der Waals surface area contributed by atoms with Crippen molar-refractivity contribution in [1.82, 2.24) is 4.72 Å². The van der Waals surface area contributed by atoms with Gasteiger partial charge in [0.1, 0.15) is 12.8 Å². The van der Waals surface area contributed by atoms with Gasteiger partial charge in [-0.05, 0) is 41.0 Å². The first kappa shape index (κ1) is 25.6. The SMILES string of the molecule is C[S+]([O-])c1cccc(NC(=O)Nc2cc(S(=O)(=O)NCC(F)(F)F)ccc2-c2ccccc2)c1. The van der Waals surface area contributed by atoms with Crippen molar-refractivity contribution in [1.29, 1.82) is 0 Å². The highest BCUT2D eigenvalue weighted by Gasteiger charge is 2.30. The minimum atomic E-state index is -4.73. The van der Waals surface area contributed by atoms with Gasteiger partial charge in [-0.15, -0.1) is 0 Å². The summed E-state index contributed by atoms with van der Waals surface area (Å²) in [6.45, 7) is -1.73. The summed E-state index contributed by atoms with van der Waals surface area (Å²) in [5.74, 6) is 0. The highest BCUT2D eigenvalue weighted by Crippen LogP contribution is 2.31. The minimum absolute atomic E-state index is 0.0637. The Morgan fingerprint density at radius 2 is 1.68 bits per heavy atom. The van der Waals surface area contributed by atoms with E-state index in [1.807, 2.05) is 0 Å². The van der Waals surface area contributed by atoms with Gasteiger partial charge in [-0.2, -0.15) is 13.2 Å². The highest BCUT2D eigenvalue weighted by molar-refractivity contribution is 7.90. The third-order valence-corrected chi connectivity index (χ3v) is 6.84. The van der Waals surface area contributed by atoms with Gasteiger partial charge in [0.15, 0.2) is 4.90 Å². The lowest BCUT2D eigenvalue weighted by molar-refractivity contribution is -0.121. The lowest BCUT2D eigenvalue weighted by Gasteiger charge is -2.15. The monoisotopic (exact) mass is 511 g/mol. The molecule has 0 aliphatic rings. The van der Waals surface area contributed by atoms with Gasteiger partial charge in [0.2, 0.25) is 10.0 Å². The molecule has 3 rings (SSSR count). The molecule has 3 aromatic carbocycles. The molecule has 0 saturated heterocycles. The molecule has 0 radical (unpaired) electrons. The first-order chi connectivity index (χ1) is 15.9. The van der Waals surface area contributed by atoms with E-state index in [-0.39, 0.29) is 5.69 Å². The fraction of sp³-hybridized carbons (Fsp3) is 0.136. The first-order valence-electron chi connectivity index (χ1n) is 9.72. The zero-order valence-electron chi connectivity index (χ0n) is 17.7. The molecule has 0 aliphatic heterocycles. The number of alkyl halides is 3. The van der Waals surface area contributed by atoms with Crippen LogP contribution in [0.15, 0.2) is 82.6 Å². The summed E-state index contributed by atoms with van der Waals surface area (Å²) in [6.07, 6.45) is -3.24. The minimum Gasteiger partial charge on any atom is -0.612 e. The Balaban J connectivity index is 1.92. The molecule has 0 saturated carbocycles. The van der Waals surface area contributed by atoms with Crippen LogP contribution in [0.5, 0.6) is 0 Å². The van der Waals surface area contributed by atoms with Crippen LogP contribution in [0.3, 0.4) is 0 Å². The zero-order chi connectivity index (χ0) is 24.9. The molecule has 1 atom stereocenters. The summed E-state index contributed by atoms with van der Waals surface area (Å²) in [5, 5.41) is 5.12. The van der Waals surface area contributed by atoms with E-state index in [1.165, 1.54) is 23.1 Å². The molecule has 0 fully saturated rings. The Morgan fingerprint density at radius 1 is 0.971 bits per heavy atom. The quantitative estimate of drug-likeness (QED) is 0.404. The van der Waals surface area contributed by atoms with E-state index in [2.05, 4.69) is 10.6 Å². The Hall–Kier alpha value is -3.06. The summed E-state index contributed by atoms with van der Waals surface area (Å²) in [6, 6.07) is 18.0. The maximum atomic E-state index is 12.7. The smallest absolute Gasteiger partial charge is 0.402 e. The molecule has 0 aliphatic carbocycles. The van der Waals surface area contributed by atoms with Crippen LogP contribution in [-0.2, 0) is 21.2 Å². The Kier molecular flexibility index (Phi) is 7.87. The second kappa shape index (κ2) is 10.5. The Bertz CT molecular complexity index is 1270. The molecule has 7 nitrogen and oxygen atoms in total. The van der Waals surface area contributed by atoms with E-state index in [9.17, 15) is 30.9 Å². The number of sulfonamides is 1. The normalized spacial score (nSPS) is 12.7. The molecule has 3 aromatic rings. The number of rotatable bonds is 7. The van der Waals surface area contributed by atoms with Crippen molar-refractivity contribution in [3.05, 3.63) is 72.8 Å². The predicted octanol–water partition coefficient (Wildman–Crippen LogP) is 4.58. The van der Waals surface area contributed by atoms with Gasteiger partial charge in [0.25, 0.3) is 0 Å². The molecule has 3 N–H and O–H groups in total. The average Bonchev–Trinajstić information content (AvgIpc) is 2.78. The molecule has 2 amide bonds. The zero-order valence-corrected chi connectivity index (χ0v) is 19.4. The van der Waals surface area contributed by atoms with Crippen LogP contribution in [0, 0.1) is 0 Å². The van der Waals surface area contributed by atoms with E-state index in [4.69, 9.17) is 0 Å². The number of benzene rings is 3. The number of anilines is 2. The van der Waals surface area contributed by atoms with Crippen molar-refractivity contribution in [3.8, 4) is 11.1 Å². The van der Waals surface area contributed by atoms with Gasteiger partial charge in [-0.3, -0.25) is 0 Å². The largest absolute Gasteiger partial charge is 0.612 e. The van der Waals surface area contributed by atoms with Crippen LogP contribution in [0.2, 0.25) is 0 Å². The lowest BCUT2D eigenvalue weighted by Crippen LogP contribution is -2.33. The molecule has 34 heavy (non-hydrogen) atoms. The van der Waals surface area contributed by atoms with Crippen molar-refractivity contribution in [3.63, 3.8) is 0 Å². The summed E-state index contributed by atoms with van der Waals surface area (Å²) in [4.78, 5) is 12.7. The van der Waals surface area contributed by atoms with Crippen molar-refractivity contribution in [2.45, 2.75) is 16.0 Å². The lowest BCUT2D eigenvalue weighted by atomic mass is 10.0. The van der Waals surface area contributed by atoms with Gasteiger partial charge in [-0.1, -0.05) is 42.5 Å². The molecule has 0 heterocycles. The average molecular weight is 512 g/mol. The van der Waals surface area contributed by atoms with Gasteiger partial charge in [0, 0.05) is 17.3 Å². The molecule has 0 aromatic heterocycles. The second-order valence-electron chi connectivity index (χ2n) is 7.07. The number of amides is 2. The van der Waals surface area contributed by atoms with Crippen LogP contribution >= 0.6 is 0 Å². The third-order valence-electron chi connectivity index (χ3n) is 4.52. The summed E-state index contributed by atoms with van der Waals surface area (Å²) in [7, 11) is -4.50. The topological polar surface area (TPSA) is 110 Å². The maximum absolute atomic E-state index is 12.7. The molecule has 12 heteroatoms. The molecule has 1 unspecified atom stereocenters. The van der Waals surface area contributed by atoms with Crippen LogP contribution in [0.25, 0.3) is 11.1 Å². The number of halogens is 3. The number of carbonyl (C=O) groups excluding carboxylic acids is 1.